The van der Waals surface area contributed by atoms with E-state index in [0.29, 0.717) is 18.1 Å². The van der Waals surface area contributed by atoms with Gasteiger partial charge in [0, 0.05) is 11.3 Å². The first kappa shape index (κ1) is 15.7. The van der Waals surface area contributed by atoms with E-state index in [1.165, 1.54) is 35.6 Å². The molecule has 6 nitrogen and oxygen atoms in total. The van der Waals surface area contributed by atoms with E-state index in [0.717, 1.165) is 16.9 Å². The molecule has 1 aromatic carbocycles. The van der Waals surface area contributed by atoms with Gasteiger partial charge < -0.3 is 4.74 Å². The van der Waals surface area contributed by atoms with Gasteiger partial charge in [0.25, 0.3) is 15.9 Å². The lowest BCUT2D eigenvalue weighted by Gasteiger charge is -2.10. The Hall–Kier alpha value is -2.21. The molecule has 23 heavy (non-hydrogen) atoms. The first-order valence-corrected chi connectivity index (χ1v) is 9.06. The van der Waals surface area contributed by atoms with E-state index >= 15 is 0 Å². The third-order valence-corrected chi connectivity index (χ3v) is 5.92. The molecule has 2 aromatic rings. The number of hydrogen-bond acceptors (Lipinski definition) is 6. The van der Waals surface area contributed by atoms with E-state index in [4.69, 9.17) is 10.00 Å². The van der Waals surface area contributed by atoms with Crippen molar-refractivity contribution < 1.29 is 17.9 Å². The van der Waals surface area contributed by atoms with Crippen LogP contribution < -0.4 is 4.72 Å². The Morgan fingerprint density at radius 2 is 2.17 bits per heavy atom. The number of nitrogens with zero attached hydrogens (tertiary/aromatic N) is 1. The van der Waals surface area contributed by atoms with E-state index in [-0.39, 0.29) is 10.5 Å². The molecule has 1 aromatic heterocycles. The summed E-state index contributed by atoms with van der Waals surface area (Å²) < 4.78 is 31.9. The smallest absolute Gasteiger partial charge is 0.275 e. The summed E-state index contributed by atoms with van der Waals surface area (Å²) in [5, 5.41) is 8.84. The molecule has 0 saturated carbocycles. The Kier molecular flexibility index (Phi) is 4.17. The molecule has 3 rings (SSSR count). The van der Waals surface area contributed by atoms with E-state index in [9.17, 15) is 13.2 Å². The minimum atomic E-state index is -4.02. The molecule has 8 heteroatoms. The second kappa shape index (κ2) is 6.12. The largest absolute Gasteiger partial charge is 0.376 e. The van der Waals surface area contributed by atoms with Gasteiger partial charge in [-0.1, -0.05) is 6.07 Å². The van der Waals surface area contributed by atoms with Crippen molar-refractivity contribution in [1.82, 2.24) is 4.72 Å². The number of fused-ring (bicyclic) bond motifs is 1. The predicted octanol–water partition coefficient (Wildman–Crippen LogP) is 1.81. The van der Waals surface area contributed by atoms with E-state index in [1.807, 2.05) is 10.8 Å². The van der Waals surface area contributed by atoms with Crippen molar-refractivity contribution in [2.75, 3.05) is 6.61 Å². The lowest BCUT2D eigenvalue weighted by molar-refractivity contribution is 0.0984. The van der Waals surface area contributed by atoms with Crippen molar-refractivity contribution >= 4 is 27.3 Å². The van der Waals surface area contributed by atoms with Crippen LogP contribution in [0.15, 0.2) is 35.2 Å². The number of sulfonamides is 1. The molecule has 0 radical (unpaired) electrons. The van der Waals surface area contributed by atoms with Gasteiger partial charge in [-0.2, -0.15) is 5.26 Å². The zero-order valence-corrected chi connectivity index (χ0v) is 13.5. The number of benzene rings is 1. The molecule has 1 amide bonds. The highest BCUT2D eigenvalue weighted by atomic mass is 32.2. The van der Waals surface area contributed by atoms with Gasteiger partial charge in [0.15, 0.2) is 0 Å². The number of carbonyl (C=O) groups is 1. The summed E-state index contributed by atoms with van der Waals surface area (Å²) in [7, 11) is -4.02. The normalized spacial score (nSPS) is 13.9. The van der Waals surface area contributed by atoms with E-state index < -0.39 is 15.9 Å². The number of rotatable bonds is 3. The molecule has 0 spiro atoms. The first-order valence-electron chi connectivity index (χ1n) is 6.76. The zero-order valence-electron chi connectivity index (χ0n) is 11.9. The van der Waals surface area contributed by atoms with Gasteiger partial charge >= 0.3 is 0 Å². The summed E-state index contributed by atoms with van der Waals surface area (Å²) >= 11 is 1.28. The van der Waals surface area contributed by atoms with Crippen LogP contribution in [0.5, 0.6) is 0 Å². The fourth-order valence-corrected chi connectivity index (χ4v) is 4.34. The highest BCUT2D eigenvalue weighted by molar-refractivity contribution is 7.90. The molecule has 1 aliphatic rings. The van der Waals surface area contributed by atoms with Crippen LogP contribution in [-0.4, -0.2) is 20.9 Å². The Bertz CT molecular complexity index is 886. The Morgan fingerprint density at radius 1 is 1.35 bits per heavy atom. The maximum absolute atomic E-state index is 12.3. The molecular formula is C15H12N2O4S2. The third-order valence-electron chi connectivity index (χ3n) is 3.35. The Balaban J connectivity index is 1.84. The van der Waals surface area contributed by atoms with Crippen molar-refractivity contribution in [3.63, 3.8) is 0 Å². The molecule has 0 unspecified atom stereocenters. The van der Waals surface area contributed by atoms with Crippen molar-refractivity contribution in [3.8, 4) is 6.07 Å². The number of carbonyl (C=O) groups excluding carboxylic acids is 1. The van der Waals surface area contributed by atoms with Crippen LogP contribution in [0.2, 0.25) is 0 Å². The minimum absolute atomic E-state index is 0.116. The topological polar surface area (TPSA) is 96.3 Å². The number of hydrogen-bond donors (Lipinski definition) is 1. The van der Waals surface area contributed by atoms with Crippen molar-refractivity contribution in [3.05, 3.63) is 51.2 Å². The summed E-state index contributed by atoms with van der Waals surface area (Å²) in [4.78, 5) is 13.5. The van der Waals surface area contributed by atoms with Crippen LogP contribution in [0.25, 0.3) is 0 Å². The number of thiophene rings is 1. The van der Waals surface area contributed by atoms with Gasteiger partial charge in [0.1, 0.15) is 0 Å². The second-order valence-corrected chi connectivity index (χ2v) is 7.76. The molecule has 118 valence electrons. The summed E-state index contributed by atoms with van der Waals surface area (Å²) in [6.45, 7) is 1.05. The average Bonchev–Trinajstić information content (AvgIpc) is 2.99. The number of ether oxygens (including phenoxy) is 1. The fraction of sp³-hybridized carbons (Fsp3) is 0.200. The number of amides is 1. The van der Waals surface area contributed by atoms with Crippen molar-refractivity contribution in [1.29, 1.82) is 5.26 Å². The van der Waals surface area contributed by atoms with Crippen LogP contribution in [0, 0.1) is 11.3 Å². The molecule has 0 atom stereocenters. The number of nitriles is 1. The lowest BCUT2D eigenvalue weighted by atomic mass is 10.2. The summed E-state index contributed by atoms with van der Waals surface area (Å²) in [5.74, 6) is -0.674. The quantitative estimate of drug-likeness (QED) is 0.912. The van der Waals surface area contributed by atoms with Gasteiger partial charge in [-0.05, 0) is 29.8 Å². The third kappa shape index (κ3) is 3.27. The second-order valence-electron chi connectivity index (χ2n) is 4.94. The summed E-state index contributed by atoms with van der Waals surface area (Å²) in [6, 6.07) is 9.04. The van der Waals surface area contributed by atoms with Crippen LogP contribution in [-0.2, 0) is 27.8 Å². The molecular weight excluding hydrogens is 336 g/mol. The first-order chi connectivity index (χ1) is 11.0. The van der Waals surface area contributed by atoms with Crippen LogP contribution in [0.1, 0.15) is 25.7 Å². The van der Waals surface area contributed by atoms with E-state index in [1.54, 1.807) is 6.07 Å². The van der Waals surface area contributed by atoms with Gasteiger partial charge in [-0.15, -0.1) is 11.3 Å². The van der Waals surface area contributed by atoms with Gasteiger partial charge in [0.2, 0.25) is 0 Å². The SMILES string of the molecule is N#Cc1cccc(S(=O)(=O)NC(=O)c2cc3c(s2)CCOC3)c1. The Labute approximate surface area is 137 Å². The standard InChI is InChI=1S/C15H12N2O4S2/c16-8-10-2-1-3-12(6-10)23(19,20)17-15(18)14-7-11-9-21-5-4-13(11)22-14/h1-3,6-7H,4-5,9H2,(H,17,18). The molecule has 0 bridgehead atoms. The molecule has 1 aliphatic heterocycles. The van der Waals surface area contributed by atoms with Crippen molar-refractivity contribution in [2.45, 2.75) is 17.9 Å². The molecule has 1 N–H and O–H groups in total. The zero-order chi connectivity index (χ0) is 16.4. The summed E-state index contributed by atoms with van der Waals surface area (Å²) in [5.41, 5.74) is 1.14. The maximum atomic E-state index is 12.3. The molecule has 2 heterocycles. The fourth-order valence-electron chi connectivity index (χ4n) is 2.22. The summed E-state index contributed by atoms with van der Waals surface area (Å²) in [6.07, 6.45) is 0.726. The van der Waals surface area contributed by atoms with Crippen LogP contribution in [0.4, 0.5) is 0 Å². The molecule has 0 saturated heterocycles. The Morgan fingerprint density at radius 3 is 2.91 bits per heavy atom. The van der Waals surface area contributed by atoms with Gasteiger partial charge in [0.05, 0.1) is 34.6 Å². The van der Waals surface area contributed by atoms with Gasteiger partial charge in [-0.25, -0.2) is 13.1 Å². The monoisotopic (exact) mass is 348 g/mol. The van der Waals surface area contributed by atoms with Crippen LogP contribution in [0.3, 0.4) is 0 Å². The van der Waals surface area contributed by atoms with Gasteiger partial charge in [-0.3, -0.25) is 4.79 Å². The minimum Gasteiger partial charge on any atom is -0.376 e. The maximum Gasteiger partial charge on any atom is 0.275 e. The highest BCUT2D eigenvalue weighted by Crippen LogP contribution is 2.27. The van der Waals surface area contributed by atoms with E-state index in [2.05, 4.69) is 0 Å². The lowest BCUT2D eigenvalue weighted by Crippen LogP contribution is -2.30. The number of nitrogens with one attached hydrogen (secondary N) is 1. The predicted molar refractivity (Wildman–Crippen MR) is 83.5 cm³/mol. The van der Waals surface area contributed by atoms with Crippen molar-refractivity contribution in [2.24, 2.45) is 0 Å². The molecule has 0 fully saturated rings. The molecule has 0 aliphatic carbocycles. The highest BCUT2D eigenvalue weighted by Gasteiger charge is 2.22. The van der Waals surface area contributed by atoms with Crippen LogP contribution >= 0.6 is 11.3 Å². The average molecular weight is 348 g/mol.